The minimum absolute atomic E-state index is 0.216. The van der Waals surface area contributed by atoms with E-state index in [0.29, 0.717) is 12.7 Å². The van der Waals surface area contributed by atoms with Gasteiger partial charge in [-0.2, -0.15) is 0 Å². The second kappa shape index (κ2) is 7.86. The number of para-hydroxylation sites is 1. The monoisotopic (exact) mass is 314 g/mol. The van der Waals surface area contributed by atoms with Crippen molar-refractivity contribution in [3.8, 4) is 0 Å². The van der Waals surface area contributed by atoms with E-state index in [-0.39, 0.29) is 6.61 Å². The Hall–Kier alpha value is -1.49. The zero-order chi connectivity index (χ0) is 16.1. The van der Waals surface area contributed by atoms with Crippen molar-refractivity contribution < 1.29 is 9.84 Å². The fourth-order valence-electron chi connectivity index (χ4n) is 3.32. The van der Waals surface area contributed by atoms with Gasteiger partial charge >= 0.3 is 0 Å². The molecular formula is C19H26N2O2. The number of ether oxygens (including phenoxy) is 1. The van der Waals surface area contributed by atoms with Gasteiger partial charge in [-0.25, -0.2) is 0 Å². The highest BCUT2D eigenvalue weighted by Crippen LogP contribution is 2.22. The molecule has 1 saturated heterocycles. The van der Waals surface area contributed by atoms with Gasteiger partial charge in [0.1, 0.15) is 0 Å². The number of aryl methyl sites for hydroxylation is 1. The molecule has 1 aliphatic rings. The maximum absolute atomic E-state index is 8.82. The molecular weight excluding hydrogens is 288 g/mol. The van der Waals surface area contributed by atoms with E-state index in [1.807, 2.05) is 6.07 Å². The number of piperidine rings is 1. The largest absolute Gasteiger partial charge is 0.396 e. The summed E-state index contributed by atoms with van der Waals surface area (Å²) in [5.74, 6) is 0. The smallest absolute Gasteiger partial charge is 0.0708 e. The second-order valence-electron chi connectivity index (χ2n) is 6.36. The Morgan fingerprint density at radius 1 is 1.26 bits per heavy atom. The number of nitrogens with zero attached hydrogens (tertiary/aromatic N) is 2. The summed E-state index contributed by atoms with van der Waals surface area (Å²) in [4.78, 5) is 7.13. The van der Waals surface area contributed by atoms with Gasteiger partial charge in [0.15, 0.2) is 0 Å². The Morgan fingerprint density at radius 2 is 2.04 bits per heavy atom. The van der Waals surface area contributed by atoms with Crippen molar-refractivity contribution >= 4 is 10.9 Å². The van der Waals surface area contributed by atoms with Crippen molar-refractivity contribution in [2.24, 2.45) is 0 Å². The Morgan fingerprint density at radius 3 is 2.83 bits per heavy atom. The van der Waals surface area contributed by atoms with E-state index in [1.54, 1.807) is 0 Å². The lowest BCUT2D eigenvalue weighted by atomic mass is 10.0. The molecule has 3 rings (SSSR count). The van der Waals surface area contributed by atoms with E-state index in [9.17, 15) is 0 Å². The Labute approximate surface area is 138 Å². The maximum Gasteiger partial charge on any atom is 0.0708 e. The Balaban J connectivity index is 1.61. The summed E-state index contributed by atoms with van der Waals surface area (Å²) in [6, 6.07) is 10.6. The fraction of sp³-hybridized carbons (Fsp3) is 0.526. The third-order valence-electron chi connectivity index (χ3n) is 4.51. The first-order valence-corrected chi connectivity index (χ1v) is 8.56. The molecule has 0 radical (unpaired) electrons. The van der Waals surface area contributed by atoms with Gasteiger partial charge in [0.05, 0.1) is 11.6 Å². The number of rotatable bonds is 6. The van der Waals surface area contributed by atoms with Crippen LogP contribution in [0.3, 0.4) is 0 Å². The molecule has 1 N–H and O–H groups in total. The van der Waals surface area contributed by atoms with Crippen molar-refractivity contribution in [1.82, 2.24) is 9.88 Å². The Bertz CT molecular complexity index is 636. The SMILES string of the molecule is Cc1cc(CN2CCC(OCCCO)CC2)c2ccccc2n1. The topological polar surface area (TPSA) is 45.6 Å². The van der Waals surface area contributed by atoms with Crippen molar-refractivity contribution in [3.05, 3.63) is 41.6 Å². The first-order valence-electron chi connectivity index (χ1n) is 8.56. The number of aliphatic hydroxyl groups is 1. The molecule has 0 atom stereocenters. The first kappa shape index (κ1) is 16.4. The number of likely N-dealkylation sites (tertiary alicyclic amines) is 1. The molecule has 0 spiro atoms. The average molecular weight is 314 g/mol. The maximum atomic E-state index is 8.82. The molecule has 1 aliphatic heterocycles. The van der Waals surface area contributed by atoms with E-state index in [0.717, 1.165) is 50.1 Å². The number of hydrogen-bond acceptors (Lipinski definition) is 4. The van der Waals surface area contributed by atoms with E-state index in [4.69, 9.17) is 9.84 Å². The zero-order valence-electron chi connectivity index (χ0n) is 13.9. The van der Waals surface area contributed by atoms with Gasteiger partial charge in [0.2, 0.25) is 0 Å². The fourth-order valence-corrected chi connectivity index (χ4v) is 3.32. The number of fused-ring (bicyclic) bond motifs is 1. The molecule has 0 aliphatic carbocycles. The lowest BCUT2D eigenvalue weighted by Gasteiger charge is -2.32. The van der Waals surface area contributed by atoms with E-state index in [1.165, 1.54) is 10.9 Å². The molecule has 1 fully saturated rings. The minimum Gasteiger partial charge on any atom is -0.396 e. The first-order chi connectivity index (χ1) is 11.3. The number of pyridine rings is 1. The van der Waals surface area contributed by atoms with Gasteiger partial charge in [-0.05, 0) is 43.9 Å². The number of aromatic nitrogens is 1. The summed E-state index contributed by atoms with van der Waals surface area (Å²) in [7, 11) is 0. The van der Waals surface area contributed by atoms with E-state index >= 15 is 0 Å². The molecule has 0 amide bonds. The number of aliphatic hydroxyl groups excluding tert-OH is 1. The predicted molar refractivity (Wildman–Crippen MR) is 92.4 cm³/mol. The van der Waals surface area contributed by atoms with Crippen LogP contribution in [0.25, 0.3) is 10.9 Å². The molecule has 23 heavy (non-hydrogen) atoms. The van der Waals surface area contributed by atoms with Crippen LogP contribution in [0.4, 0.5) is 0 Å². The van der Waals surface area contributed by atoms with Crippen LogP contribution in [0.2, 0.25) is 0 Å². The van der Waals surface area contributed by atoms with Crippen molar-refractivity contribution in [3.63, 3.8) is 0 Å². The highest BCUT2D eigenvalue weighted by Gasteiger charge is 2.20. The molecule has 0 unspecified atom stereocenters. The van der Waals surface area contributed by atoms with Gasteiger partial charge in [-0.1, -0.05) is 18.2 Å². The van der Waals surface area contributed by atoms with Gasteiger partial charge in [0.25, 0.3) is 0 Å². The molecule has 1 aromatic heterocycles. The molecule has 2 heterocycles. The van der Waals surface area contributed by atoms with Crippen LogP contribution in [0.1, 0.15) is 30.5 Å². The molecule has 0 saturated carbocycles. The van der Waals surface area contributed by atoms with Crippen LogP contribution in [0, 0.1) is 6.92 Å². The summed E-state index contributed by atoms with van der Waals surface area (Å²) in [5, 5.41) is 10.1. The van der Waals surface area contributed by atoms with Crippen LogP contribution < -0.4 is 0 Å². The summed E-state index contributed by atoms with van der Waals surface area (Å²) >= 11 is 0. The van der Waals surface area contributed by atoms with Gasteiger partial charge < -0.3 is 9.84 Å². The highest BCUT2D eigenvalue weighted by molar-refractivity contribution is 5.82. The minimum atomic E-state index is 0.216. The average Bonchev–Trinajstić information content (AvgIpc) is 2.56. The van der Waals surface area contributed by atoms with Crippen molar-refractivity contribution in [1.29, 1.82) is 0 Å². The number of hydrogen-bond donors (Lipinski definition) is 1. The van der Waals surface area contributed by atoms with Crippen LogP contribution in [-0.2, 0) is 11.3 Å². The standard InChI is InChI=1S/C19H26N2O2/c1-15-13-16(18-5-2-3-6-19(18)20-15)14-21-9-7-17(8-10-21)23-12-4-11-22/h2-3,5-6,13,17,22H,4,7-12,14H2,1H3. The third kappa shape index (κ3) is 4.28. The third-order valence-corrected chi connectivity index (χ3v) is 4.51. The van der Waals surface area contributed by atoms with Crippen LogP contribution >= 0.6 is 0 Å². The van der Waals surface area contributed by atoms with E-state index < -0.39 is 0 Å². The molecule has 124 valence electrons. The van der Waals surface area contributed by atoms with Gasteiger partial charge in [-0.3, -0.25) is 9.88 Å². The van der Waals surface area contributed by atoms with Crippen molar-refractivity contribution in [2.45, 2.75) is 38.8 Å². The quantitative estimate of drug-likeness (QED) is 0.833. The number of benzene rings is 1. The lowest BCUT2D eigenvalue weighted by molar-refractivity contribution is 0.000851. The van der Waals surface area contributed by atoms with Crippen LogP contribution in [0.5, 0.6) is 0 Å². The van der Waals surface area contributed by atoms with Crippen LogP contribution in [0.15, 0.2) is 30.3 Å². The molecule has 2 aromatic rings. The van der Waals surface area contributed by atoms with Gasteiger partial charge in [0, 0.05) is 43.9 Å². The van der Waals surface area contributed by atoms with Crippen LogP contribution in [-0.4, -0.2) is 47.4 Å². The summed E-state index contributed by atoms with van der Waals surface area (Å²) in [6.07, 6.45) is 3.25. The predicted octanol–water partition coefficient (Wildman–Crippen LogP) is 2.91. The lowest BCUT2D eigenvalue weighted by Crippen LogP contribution is -2.36. The molecule has 4 heteroatoms. The molecule has 1 aromatic carbocycles. The second-order valence-corrected chi connectivity index (χ2v) is 6.36. The summed E-state index contributed by atoms with van der Waals surface area (Å²) in [5.41, 5.74) is 3.54. The summed E-state index contributed by atoms with van der Waals surface area (Å²) in [6.45, 7) is 6.08. The normalized spacial score (nSPS) is 17.0. The molecule has 4 nitrogen and oxygen atoms in total. The van der Waals surface area contributed by atoms with E-state index in [2.05, 4.69) is 41.1 Å². The molecule has 0 bridgehead atoms. The van der Waals surface area contributed by atoms with Crippen molar-refractivity contribution in [2.75, 3.05) is 26.3 Å². The highest BCUT2D eigenvalue weighted by atomic mass is 16.5. The zero-order valence-corrected chi connectivity index (χ0v) is 13.9. The summed E-state index contributed by atoms with van der Waals surface area (Å²) < 4.78 is 5.81. The Kier molecular flexibility index (Phi) is 5.60. The van der Waals surface area contributed by atoms with Gasteiger partial charge in [-0.15, -0.1) is 0 Å².